The first-order valence-corrected chi connectivity index (χ1v) is 4.95. The number of benzene rings is 2. The zero-order chi connectivity index (χ0) is 10.7. The summed E-state index contributed by atoms with van der Waals surface area (Å²) in [4.78, 5) is 0. The summed E-state index contributed by atoms with van der Waals surface area (Å²) < 4.78 is 0. The number of hydrogen-bond donors (Lipinski definition) is 0. The van der Waals surface area contributed by atoms with E-state index in [0.717, 1.165) is 11.1 Å². The lowest BCUT2D eigenvalue weighted by molar-refractivity contribution is 1.57. The zero-order valence-electron chi connectivity index (χ0n) is 8.61. The molecule has 0 nitrogen and oxygen atoms in total. The van der Waals surface area contributed by atoms with Crippen molar-refractivity contribution in [3.05, 3.63) is 73.7 Å². The quantitative estimate of drug-likeness (QED) is 0.670. The highest BCUT2D eigenvalue weighted by atomic mass is 14.1. The van der Waals surface area contributed by atoms with Gasteiger partial charge in [-0.2, -0.15) is 0 Å². The number of hydrogen-bond acceptors (Lipinski definition) is 0. The third kappa shape index (κ3) is 1.99. The zero-order valence-corrected chi connectivity index (χ0v) is 8.61. The van der Waals surface area contributed by atoms with Gasteiger partial charge in [0.25, 0.3) is 0 Å². The van der Waals surface area contributed by atoms with Gasteiger partial charge in [0.15, 0.2) is 0 Å². The van der Waals surface area contributed by atoms with Crippen LogP contribution in [0.4, 0.5) is 0 Å². The third-order valence-electron chi connectivity index (χ3n) is 2.39. The minimum absolute atomic E-state index is 0.856. The van der Waals surface area contributed by atoms with Crippen LogP contribution in [0, 0.1) is 6.92 Å². The first-order chi connectivity index (χ1) is 7.29. The average Bonchev–Trinajstić information content (AvgIpc) is 2.30. The van der Waals surface area contributed by atoms with Crippen LogP contribution in [-0.4, -0.2) is 0 Å². The maximum Gasteiger partial charge on any atom is -0.0109 e. The van der Waals surface area contributed by atoms with E-state index in [-0.39, 0.29) is 0 Å². The Balaban J connectivity index is 2.58. The molecule has 0 atom stereocenters. The lowest BCUT2D eigenvalue weighted by Gasteiger charge is -2.08. The van der Waals surface area contributed by atoms with Gasteiger partial charge in [-0.25, -0.2) is 0 Å². The van der Waals surface area contributed by atoms with Gasteiger partial charge in [0.1, 0.15) is 0 Å². The van der Waals surface area contributed by atoms with Crippen molar-refractivity contribution >= 4 is 5.57 Å². The lowest BCUT2D eigenvalue weighted by atomic mass is 9.96. The normalized spacial score (nSPS) is 9.93. The molecule has 0 saturated carbocycles. The Labute approximate surface area is 90.9 Å². The van der Waals surface area contributed by atoms with Crippen molar-refractivity contribution < 1.29 is 0 Å². The van der Waals surface area contributed by atoms with Crippen molar-refractivity contribution in [1.29, 1.82) is 0 Å². The molecule has 0 aliphatic rings. The molecule has 1 radical (unpaired) electrons. The van der Waals surface area contributed by atoms with Crippen LogP contribution in [0.5, 0.6) is 0 Å². The Kier molecular flexibility index (Phi) is 2.68. The molecular weight excluding hydrogens is 180 g/mol. The van der Waals surface area contributed by atoms with Crippen molar-refractivity contribution in [2.24, 2.45) is 0 Å². The highest BCUT2D eigenvalue weighted by Crippen LogP contribution is 2.27. The second kappa shape index (κ2) is 4.14. The second-order valence-electron chi connectivity index (χ2n) is 3.52. The fourth-order valence-corrected chi connectivity index (χ4v) is 1.66. The molecule has 0 saturated heterocycles. The molecule has 0 bridgehead atoms. The maximum absolute atomic E-state index is 3.90. The van der Waals surface area contributed by atoms with E-state index >= 15 is 0 Å². The van der Waals surface area contributed by atoms with Crippen molar-refractivity contribution in [2.75, 3.05) is 0 Å². The Morgan fingerprint density at radius 3 is 2.07 bits per heavy atom. The molecule has 0 heteroatoms. The smallest absolute Gasteiger partial charge is 0.0109 e. The Morgan fingerprint density at radius 2 is 1.40 bits per heavy atom. The molecule has 0 heterocycles. The first kappa shape index (κ1) is 9.72. The molecule has 2 aromatic rings. The SMILES string of the molecule is [CH2]C(=C)c1ccccc1-c1ccccc1. The van der Waals surface area contributed by atoms with Crippen LogP contribution in [0.15, 0.2) is 61.2 Å². The molecule has 0 aliphatic carbocycles. The molecular formula is C15H13. The summed E-state index contributed by atoms with van der Waals surface area (Å²) in [5, 5.41) is 0. The van der Waals surface area contributed by atoms with Gasteiger partial charge < -0.3 is 0 Å². The molecule has 0 amide bonds. The van der Waals surface area contributed by atoms with E-state index < -0.39 is 0 Å². The van der Waals surface area contributed by atoms with Crippen molar-refractivity contribution in [3.63, 3.8) is 0 Å². The van der Waals surface area contributed by atoms with Gasteiger partial charge in [0, 0.05) is 0 Å². The summed E-state index contributed by atoms with van der Waals surface area (Å²) in [6.07, 6.45) is 0. The largest absolute Gasteiger partial charge is 0.0952 e. The minimum Gasteiger partial charge on any atom is -0.0952 e. The molecule has 15 heavy (non-hydrogen) atoms. The third-order valence-corrected chi connectivity index (χ3v) is 2.39. The average molecular weight is 193 g/mol. The van der Waals surface area contributed by atoms with Crippen LogP contribution in [0.25, 0.3) is 16.7 Å². The van der Waals surface area contributed by atoms with E-state index in [9.17, 15) is 0 Å². The van der Waals surface area contributed by atoms with Crippen LogP contribution in [-0.2, 0) is 0 Å². The monoisotopic (exact) mass is 193 g/mol. The molecule has 0 fully saturated rings. The topological polar surface area (TPSA) is 0 Å². The Bertz CT molecular complexity index is 466. The molecule has 0 unspecified atom stereocenters. The molecule has 0 spiro atoms. The predicted molar refractivity (Wildman–Crippen MR) is 66.3 cm³/mol. The summed E-state index contributed by atoms with van der Waals surface area (Å²) >= 11 is 0. The fraction of sp³-hybridized carbons (Fsp3) is 0. The summed E-state index contributed by atoms with van der Waals surface area (Å²) in [5.74, 6) is 0. The van der Waals surface area contributed by atoms with Crippen LogP contribution in [0.1, 0.15) is 5.56 Å². The summed E-state index contributed by atoms with van der Waals surface area (Å²) in [7, 11) is 0. The van der Waals surface area contributed by atoms with Crippen LogP contribution < -0.4 is 0 Å². The van der Waals surface area contributed by atoms with Crippen LogP contribution in [0.2, 0.25) is 0 Å². The Morgan fingerprint density at radius 1 is 0.800 bits per heavy atom. The molecule has 0 aromatic heterocycles. The highest BCUT2D eigenvalue weighted by molar-refractivity contribution is 5.81. The van der Waals surface area contributed by atoms with Crippen LogP contribution >= 0.6 is 0 Å². The number of allylic oxidation sites excluding steroid dienone is 1. The van der Waals surface area contributed by atoms with Gasteiger partial charge in [-0.1, -0.05) is 61.2 Å². The van der Waals surface area contributed by atoms with Gasteiger partial charge in [-0.05, 0) is 29.2 Å². The molecule has 2 rings (SSSR count). The molecule has 0 N–H and O–H groups in total. The van der Waals surface area contributed by atoms with E-state index in [0.29, 0.717) is 0 Å². The highest BCUT2D eigenvalue weighted by Gasteiger charge is 2.03. The van der Waals surface area contributed by atoms with Crippen LogP contribution in [0.3, 0.4) is 0 Å². The fourth-order valence-electron chi connectivity index (χ4n) is 1.66. The van der Waals surface area contributed by atoms with Gasteiger partial charge in [0.2, 0.25) is 0 Å². The summed E-state index contributed by atoms with van der Waals surface area (Å²) in [6.45, 7) is 7.80. The van der Waals surface area contributed by atoms with Gasteiger partial charge in [-0.15, -0.1) is 0 Å². The van der Waals surface area contributed by atoms with Gasteiger partial charge >= 0.3 is 0 Å². The minimum atomic E-state index is 0.856. The van der Waals surface area contributed by atoms with Crippen molar-refractivity contribution in [2.45, 2.75) is 0 Å². The van der Waals surface area contributed by atoms with E-state index in [1.807, 2.05) is 30.3 Å². The summed E-state index contributed by atoms with van der Waals surface area (Å²) in [6, 6.07) is 18.5. The predicted octanol–water partition coefficient (Wildman–Crippen LogP) is 4.20. The molecule has 0 aliphatic heterocycles. The first-order valence-electron chi connectivity index (χ1n) is 4.95. The van der Waals surface area contributed by atoms with Gasteiger partial charge in [0.05, 0.1) is 0 Å². The van der Waals surface area contributed by atoms with E-state index in [4.69, 9.17) is 0 Å². The van der Waals surface area contributed by atoms with E-state index in [2.05, 4.69) is 37.8 Å². The van der Waals surface area contributed by atoms with E-state index in [1.54, 1.807) is 0 Å². The Hall–Kier alpha value is -1.82. The standard InChI is InChI=1S/C15H13/c1-12(2)14-10-6-7-11-15(14)13-8-4-3-5-9-13/h3-11H,1-2H2. The number of rotatable bonds is 2. The molecule has 73 valence electrons. The van der Waals surface area contributed by atoms with Crippen molar-refractivity contribution in [3.8, 4) is 11.1 Å². The summed E-state index contributed by atoms with van der Waals surface area (Å²) in [5.41, 5.74) is 4.37. The molecule has 2 aromatic carbocycles. The van der Waals surface area contributed by atoms with Gasteiger partial charge in [-0.3, -0.25) is 0 Å². The lowest BCUT2D eigenvalue weighted by Crippen LogP contribution is -1.85. The van der Waals surface area contributed by atoms with Crippen molar-refractivity contribution in [1.82, 2.24) is 0 Å². The second-order valence-corrected chi connectivity index (χ2v) is 3.52. The van der Waals surface area contributed by atoms with E-state index in [1.165, 1.54) is 11.1 Å². The maximum atomic E-state index is 3.90.